The van der Waals surface area contributed by atoms with Gasteiger partial charge >= 0.3 is 6.18 Å². The van der Waals surface area contributed by atoms with Gasteiger partial charge in [-0.15, -0.1) is 0 Å². The van der Waals surface area contributed by atoms with Crippen molar-refractivity contribution in [1.29, 1.82) is 0 Å². The molecule has 0 atom stereocenters. The van der Waals surface area contributed by atoms with E-state index in [0.717, 1.165) is 23.9 Å². The van der Waals surface area contributed by atoms with Crippen LogP contribution in [-0.2, 0) is 12.6 Å². The molecular formula is C14H16F3N3S. The van der Waals surface area contributed by atoms with Crippen molar-refractivity contribution in [3.63, 3.8) is 0 Å². The van der Waals surface area contributed by atoms with Gasteiger partial charge in [-0.3, -0.25) is 0 Å². The van der Waals surface area contributed by atoms with Gasteiger partial charge in [0.05, 0.1) is 6.20 Å². The van der Waals surface area contributed by atoms with Crippen molar-refractivity contribution >= 4 is 22.2 Å². The molecule has 0 saturated carbocycles. The Morgan fingerprint density at radius 3 is 2.38 bits per heavy atom. The second-order valence-corrected chi connectivity index (χ2v) is 5.80. The molecule has 0 fully saturated rings. The van der Waals surface area contributed by atoms with E-state index in [9.17, 15) is 13.2 Å². The molecule has 1 aromatic heterocycles. The minimum absolute atomic E-state index is 0.298. The predicted molar refractivity (Wildman–Crippen MR) is 80.1 cm³/mol. The second-order valence-electron chi connectivity index (χ2n) is 4.77. The van der Waals surface area contributed by atoms with Crippen LogP contribution in [0.1, 0.15) is 10.4 Å². The number of benzene rings is 1. The topological polar surface area (TPSA) is 28.2 Å². The molecule has 0 amide bonds. The van der Waals surface area contributed by atoms with Crippen LogP contribution in [0, 0.1) is 0 Å². The molecule has 0 unspecified atom stereocenters. The summed E-state index contributed by atoms with van der Waals surface area (Å²) in [5.41, 5.74) is 2.24. The van der Waals surface area contributed by atoms with Crippen molar-refractivity contribution in [3.05, 3.63) is 40.9 Å². The summed E-state index contributed by atoms with van der Waals surface area (Å²) in [6.07, 6.45) is -2.73. The Morgan fingerprint density at radius 1 is 1.19 bits per heavy atom. The van der Waals surface area contributed by atoms with Crippen molar-refractivity contribution in [3.8, 4) is 0 Å². The standard InChI is InChI=1S/C14H16F3N3S/c1-20(2)11-5-3-10(4-6-11)7-8-18-13-19-9-12(21-13)14(15,16)17/h3-6,9H,7-8H2,1-2H3,(H,18,19). The lowest BCUT2D eigenvalue weighted by atomic mass is 10.1. The number of anilines is 2. The molecule has 2 aromatic rings. The van der Waals surface area contributed by atoms with Gasteiger partial charge < -0.3 is 10.2 Å². The fraction of sp³-hybridized carbons (Fsp3) is 0.357. The van der Waals surface area contributed by atoms with Crippen LogP contribution in [0.5, 0.6) is 0 Å². The van der Waals surface area contributed by atoms with E-state index in [4.69, 9.17) is 0 Å². The van der Waals surface area contributed by atoms with Gasteiger partial charge in [0.15, 0.2) is 5.13 Å². The third-order valence-electron chi connectivity index (χ3n) is 2.93. The lowest BCUT2D eigenvalue weighted by Gasteiger charge is -2.12. The van der Waals surface area contributed by atoms with E-state index >= 15 is 0 Å². The first kappa shape index (κ1) is 15.6. The molecule has 0 saturated heterocycles. The fourth-order valence-corrected chi connectivity index (χ4v) is 2.47. The van der Waals surface area contributed by atoms with Gasteiger partial charge in [0.1, 0.15) is 4.88 Å². The van der Waals surface area contributed by atoms with Gasteiger partial charge in [0, 0.05) is 26.3 Å². The van der Waals surface area contributed by atoms with Gasteiger partial charge in [-0.25, -0.2) is 4.98 Å². The summed E-state index contributed by atoms with van der Waals surface area (Å²) < 4.78 is 37.3. The summed E-state index contributed by atoms with van der Waals surface area (Å²) >= 11 is 0.627. The Kier molecular flexibility index (Phi) is 4.72. The number of hydrogen-bond donors (Lipinski definition) is 1. The van der Waals surface area contributed by atoms with Crippen molar-refractivity contribution in [2.24, 2.45) is 0 Å². The first-order chi connectivity index (χ1) is 9.86. The third-order valence-corrected chi connectivity index (χ3v) is 3.93. The van der Waals surface area contributed by atoms with E-state index < -0.39 is 11.1 Å². The minimum atomic E-state index is -4.32. The smallest absolute Gasteiger partial charge is 0.378 e. The largest absolute Gasteiger partial charge is 0.427 e. The lowest BCUT2D eigenvalue weighted by Crippen LogP contribution is -2.09. The zero-order valence-corrected chi connectivity index (χ0v) is 12.6. The molecule has 3 nitrogen and oxygen atoms in total. The van der Waals surface area contributed by atoms with Crippen molar-refractivity contribution in [1.82, 2.24) is 4.98 Å². The molecule has 0 bridgehead atoms. The maximum Gasteiger partial charge on any atom is 0.427 e. The molecule has 0 aliphatic carbocycles. The highest BCUT2D eigenvalue weighted by molar-refractivity contribution is 7.15. The monoisotopic (exact) mass is 315 g/mol. The highest BCUT2D eigenvalue weighted by Crippen LogP contribution is 2.34. The number of nitrogens with one attached hydrogen (secondary N) is 1. The molecule has 0 radical (unpaired) electrons. The Bertz CT molecular complexity index is 576. The predicted octanol–water partition coefficient (Wildman–Crippen LogP) is 3.88. The SMILES string of the molecule is CN(C)c1ccc(CCNc2ncc(C(F)(F)F)s2)cc1. The molecule has 0 aliphatic rings. The fourth-order valence-electron chi connectivity index (χ4n) is 1.76. The number of rotatable bonds is 5. The maximum absolute atomic E-state index is 12.4. The number of aromatic nitrogens is 1. The first-order valence-electron chi connectivity index (χ1n) is 6.39. The van der Waals surface area contributed by atoms with E-state index in [1.807, 2.05) is 43.3 Å². The van der Waals surface area contributed by atoms with E-state index in [0.29, 0.717) is 23.0 Å². The summed E-state index contributed by atoms with van der Waals surface area (Å²) in [6.45, 7) is 0.548. The van der Waals surface area contributed by atoms with E-state index in [2.05, 4.69) is 10.3 Å². The van der Waals surface area contributed by atoms with Crippen LogP contribution in [0.3, 0.4) is 0 Å². The molecular weight excluding hydrogens is 299 g/mol. The van der Waals surface area contributed by atoms with Crippen LogP contribution < -0.4 is 10.2 Å². The van der Waals surface area contributed by atoms with Crippen LogP contribution in [0.2, 0.25) is 0 Å². The van der Waals surface area contributed by atoms with Crippen LogP contribution in [0.4, 0.5) is 24.0 Å². The summed E-state index contributed by atoms with van der Waals surface area (Å²) in [5, 5.41) is 3.22. The molecule has 7 heteroatoms. The average molecular weight is 315 g/mol. The van der Waals surface area contributed by atoms with Gasteiger partial charge in [0.25, 0.3) is 0 Å². The highest BCUT2D eigenvalue weighted by Gasteiger charge is 2.33. The Balaban J connectivity index is 1.85. The van der Waals surface area contributed by atoms with Crippen LogP contribution in [-0.4, -0.2) is 25.6 Å². The number of halogens is 3. The highest BCUT2D eigenvalue weighted by atomic mass is 32.1. The molecule has 2 rings (SSSR count). The number of nitrogens with zero attached hydrogens (tertiary/aromatic N) is 2. The van der Waals surface area contributed by atoms with Crippen LogP contribution >= 0.6 is 11.3 Å². The molecule has 0 spiro atoms. The molecule has 1 N–H and O–H groups in total. The Hall–Kier alpha value is -1.76. The maximum atomic E-state index is 12.4. The molecule has 114 valence electrons. The van der Waals surface area contributed by atoms with E-state index in [-0.39, 0.29) is 0 Å². The second kappa shape index (κ2) is 6.34. The minimum Gasteiger partial charge on any atom is -0.378 e. The number of thiazole rings is 1. The normalized spacial score (nSPS) is 11.5. The van der Waals surface area contributed by atoms with Crippen molar-refractivity contribution in [2.75, 3.05) is 30.9 Å². The molecule has 1 aromatic carbocycles. The van der Waals surface area contributed by atoms with Gasteiger partial charge in [-0.05, 0) is 24.1 Å². The quantitative estimate of drug-likeness (QED) is 0.907. The zero-order valence-electron chi connectivity index (χ0n) is 11.7. The first-order valence-corrected chi connectivity index (χ1v) is 7.21. The lowest BCUT2D eigenvalue weighted by molar-refractivity contribution is -0.134. The van der Waals surface area contributed by atoms with Crippen molar-refractivity contribution in [2.45, 2.75) is 12.6 Å². The van der Waals surface area contributed by atoms with Crippen molar-refractivity contribution < 1.29 is 13.2 Å². The van der Waals surface area contributed by atoms with Crippen LogP contribution in [0.25, 0.3) is 0 Å². The number of alkyl halides is 3. The molecule has 21 heavy (non-hydrogen) atoms. The Labute approximate surface area is 125 Å². The van der Waals surface area contributed by atoms with Gasteiger partial charge in [-0.1, -0.05) is 23.5 Å². The summed E-state index contributed by atoms with van der Waals surface area (Å²) in [4.78, 5) is 5.06. The van der Waals surface area contributed by atoms with E-state index in [1.54, 1.807) is 0 Å². The third kappa shape index (κ3) is 4.35. The summed E-state index contributed by atoms with van der Waals surface area (Å²) in [5.74, 6) is 0. The summed E-state index contributed by atoms with van der Waals surface area (Å²) in [6, 6.07) is 8.06. The van der Waals surface area contributed by atoms with E-state index in [1.165, 1.54) is 0 Å². The van der Waals surface area contributed by atoms with Gasteiger partial charge in [0.2, 0.25) is 0 Å². The Morgan fingerprint density at radius 2 is 1.86 bits per heavy atom. The van der Waals surface area contributed by atoms with Gasteiger partial charge in [-0.2, -0.15) is 13.2 Å². The molecule has 0 aliphatic heterocycles. The molecule has 1 heterocycles. The average Bonchev–Trinajstić information content (AvgIpc) is 2.88. The summed E-state index contributed by atoms with van der Waals surface area (Å²) in [7, 11) is 3.94. The van der Waals surface area contributed by atoms with Crippen LogP contribution in [0.15, 0.2) is 30.5 Å². The zero-order chi connectivity index (χ0) is 15.5. The number of hydrogen-bond acceptors (Lipinski definition) is 4.